The van der Waals surface area contributed by atoms with Gasteiger partial charge >= 0.3 is 0 Å². The molecule has 8 heteroatoms. The van der Waals surface area contributed by atoms with E-state index in [1.54, 1.807) is 43.5 Å². The van der Waals surface area contributed by atoms with Gasteiger partial charge in [-0.2, -0.15) is 5.10 Å². The molecule has 7 nitrogen and oxygen atoms in total. The van der Waals surface area contributed by atoms with E-state index in [-0.39, 0.29) is 10.3 Å². The van der Waals surface area contributed by atoms with Crippen LogP contribution in [0, 0.1) is 6.92 Å². The molecule has 178 valence electrons. The standard InChI is InChI=1S/C27H26N4O3S/c1-17-7-5-6-8-24(17)35(32,33)31-20-12-9-18(10-13-20)25-21(16-28-30-25)26-29-22-15-19(27(2,3)4)11-14-23(22)34-26/h5-16,31H,1-4H3,(H,28,30). The SMILES string of the molecule is Cc1ccccc1S(=O)(=O)Nc1ccc(-c2[nH]ncc2-c2nc3cc(C(C)(C)C)ccc3o2)cc1. The molecule has 0 aliphatic rings. The summed E-state index contributed by atoms with van der Waals surface area (Å²) in [5.41, 5.74) is 6.14. The minimum absolute atomic E-state index is 0.0105. The Balaban J connectivity index is 1.43. The summed E-state index contributed by atoms with van der Waals surface area (Å²) in [5.74, 6) is 0.471. The van der Waals surface area contributed by atoms with Crippen molar-refractivity contribution in [1.29, 1.82) is 0 Å². The Morgan fingerprint density at radius 2 is 1.71 bits per heavy atom. The van der Waals surface area contributed by atoms with Gasteiger partial charge in [0.05, 0.1) is 22.3 Å². The molecule has 2 N–H and O–H groups in total. The number of nitrogens with one attached hydrogen (secondary N) is 2. The van der Waals surface area contributed by atoms with E-state index in [0.717, 1.165) is 22.3 Å². The average Bonchev–Trinajstić information content (AvgIpc) is 3.45. The Labute approximate surface area is 204 Å². The third-order valence-electron chi connectivity index (χ3n) is 5.93. The van der Waals surface area contributed by atoms with Crippen LogP contribution in [0.5, 0.6) is 0 Å². The molecule has 0 amide bonds. The third-order valence-corrected chi connectivity index (χ3v) is 7.47. The molecule has 0 radical (unpaired) electrons. The quantitative estimate of drug-likeness (QED) is 0.304. The summed E-state index contributed by atoms with van der Waals surface area (Å²) < 4.78 is 34.3. The molecular formula is C27H26N4O3S. The van der Waals surface area contributed by atoms with Gasteiger partial charge in [-0.3, -0.25) is 9.82 Å². The Hall–Kier alpha value is -3.91. The number of hydrogen-bond acceptors (Lipinski definition) is 5. The summed E-state index contributed by atoms with van der Waals surface area (Å²) >= 11 is 0. The van der Waals surface area contributed by atoms with E-state index in [2.05, 4.69) is 47.8 Å². The molecule has 2 aromatic heterocycles. The second-order valence-corrected chi connectivity index (χ2v) is 11.2. The maximum absolute atomic E-state index is 12.8. The number of aromatic nitrogens is 3. The highest BCUT2D eigenvalue weighted by atomic mass is 32.2. The lowest BCUT2D eigenvalue weighted by molar-refractivity contribution is 0.590. The van der Waals surface area contributed by atoms with Crippen LogP contribution in [0.4, 0.5) is 5.69 Å². The van der Waals surface area contributed by atoms with Crippen molar-refractivity contribution in [2.45, 2.75) is 38.0 Å². The molecular weight excluding hydrogens is 460 g/mol. The number of oxazole rings is 1. The van der Waals surface area contributed by atoms with Crippen molar-refractivity contribution in [3.05, 3.63) is 84.1 Å². The number of sulfonamides is 1. The maximum atomic E-state index is 12.8. The topological polar surface area (TPSA) is 101 Å². The predicted octanol–water partition coefficient (Wildman–Crippen LogP) is 6.29. The molecule has 0 bridgehead atoms. The lowest BCUT2D eigenvalue weighted by Crippen LogP contribution is -2.14. The first kappa shape index (κ1) is 22.9. The second-order valence-electron chi connectivity index (χ2n) is 9.56. The fourth-order valence-corrected chi connectivity index (χ4v) is 5.26. The lowest BCUT2D eigenvalue weighted by Gasteiger charge is -2.18. The first-order chi connectivity index (χ1) is 16.6. The number of benzene rings is 3. The number of hydrogen-bond donors (Lipinski definition) is 2. The number of rotatable bonds is 5. The lowest BCUT2D eigenvalue weighted by atomic mass is 9.87. The molecule has 0 aliphatic carbocycles. The minimum Gasteiger partial charge on any atom is -0.436 e. The number of aryl methyl sites for hydroxylation is 1. The summed E-state index contributed by atoms with van der Waals surface area (Å²) in [5, 5.41) is 7.21. The molecule has 0 spiro atoms. The Morgan fingerprint density at radius 3 is 2.43 bits per heavy atom. The molecule has 2 heterocycles. The highest BCUT2D eigenvalue weighted by Crippen LogP contribution is 2.34. The van der Waals surface area contributed by atoms with Crippen molar-refractivity contribution in [1.82, 2.24) is 15.2 Å². The zero-order valence-corrected chi connectivity index (χ0v) is 20.8. The normalized spacial score (nSPS) is 12.2. The van der Waals surface area contributed by atoms with E-state index in [0.29, 0.717) is 22.7 Å². The molecule has 5 aromatic rings. The maximum Gasteiger partial charge on any atom is 0.262 e. The van der Waals surface area contributed by atoms with Gasteiger partial charge in [-0.1, -0.05) is 57.2 Å². The van der Waals surface area contributed by atoms with Crippen LogP contribution in [0.2, 0.25) is 0 Å². The van der Waals surface area contributed by atoms with Crippen molar-refractivity contribution < 1.29 is 12.8 Å². The van der Waals surface area contributed by atoms with Gasteiger partial charge in [-0.05, 0) is 53.8 Å². The second kappa shape index (κ2) is 8.39. The smallest absolute Gasteiger partial charge is 0.262 e. The van der Waals surface area contributed by atoms with Crippen LogP contribution in [0.1, 0.15) is 31.9 Å². The van der Waals surface area contributed by atoms with Gasteiger partial charge in [0, 0.05) is 11.3 Å². The fraction of sp³-hybridized carbons (Fsp3) is 0.185. The summed E-state index contributed by atoms with van der Waals surface area (Å²) in [4.78, 5) is 4.96. The summed E-state index contributed by atoms with van der Waals surface area (Å²) in [6, 6.07) is 20.0. The Kier molecular flexibility index (Phi) is 5.48. The third kappa shape index (κ3) is 4.44. The van der Waals surface area contributed by atoms with Gasteiger partial charge < -0.3 is 4.42 Å². The van der Waals surface area contributed by atoms with E-state index >= 15 is 0 Å². The fourth-order valence-electron chi connectivity index (χ4n) is 3.95. The van der Waals surface area contributed by atoms with Gasteiger partial charge in [0.15, 0.2) is 5.58 Å². The van der Waals surface area contributed by atoms with Gasteiger partial charge in [0.2, 0.25) is 5.89 Å². The molecule has 3 aromatic carbocycles. The number of H-pyrrole nitrogens is 1. The van der Waals surface area contributed by atoms with E-state index in [4.69, 9.17) is 9.40 Å². The zero-order chi connectivity index (χ0) is 24.8. The molecule has 0 aliphatic heterocycles. The Morgan fingerprint density at radius 1 is 0.971 bits per heavy atom. The largest absolute Gasteiger partial charge is 0.436 e. The van der Waals surface area contributed by atoms with Crippen molar-refractivity contribution in [3.8, 4) is 22.7 Å². The van der Waals surface area contributed by atoms with Crippen molar-refractivity contribution in [2.75, 3.05) is 4.72 Å². The van der Waals surface area contributed by atoms with Crippen LogP contribution in [0.25, 0.3) is 33.8 Å². The number of aromatic amines is 1. The summed E-state index contributed by atoms with van der Waals surface area (Å²) in [6.45, 7) is 8.25. The molecule has 0 atom stereocenters. The molecule has 0 unspecified atom stereocenters. The highest BCUT2D eigenvalue weighted by molar-refractivity contribution is 7.92. The Bertz CT molecular complexity index is 1630. The van der Waals surface area contributed by atoms with E-state index in [1.807, 2.05) is 24.3 Å². The first-order valence-electron chi connectivity index (χ1n) is 11.3. The molecule has 35 heavy (non-hydrogen) atoms. The summed E-state index contributed by atoms with van der Waals surface area (Å²) in [7, 11) is -3.69. The van der Waals surface area contributed by atoms with Crippen molar-refractivity contribution in [3.63, 3.8) is 0 Å². The van der Waals surface area contributed by atoms with Crippen LogP contribution < -0.4 is 4.72 Å². The van der Waals surface area contributed by atoms with Gasteiger partial charge in [0.1, 0.15) is 5.52 Å². The van der Waals surface area contributed by atoms with Crippen LogP contribution >= 0.6 is 0 Å². The van der Waals surface area contributed by atoms with E-state index in [1.165, 1.54) is 5.56 Å². The number of nitrogens with zero attached hydrogens (tertiary/aromatic N) is 2. The van der Waals surface area contributed by atoms with E-state index < -0.39 is 10.0 Å². The molecule has 5 rings (SSSR count). The van der Waals surface area contributed by atoms with E-state index in [9.17, 15) is 8.42 Å². The van der Waals surface area contributed by atoms with Crippen molar-refractivity contribution >= 4 is 26.8 Å². The minimum atomic E-state index is -3.69. The molecule has 0 fully saturated rings. The van der Waals surface area contributed by atoms with Crippen LogP contribution in [-0.2, 0) is 15.4 Å². The van der Waals surface area contributed by atoms with Crippen molar-refractivity contribution in [2.24, 2.45) is 0 Å². The molecule has 0 saturated carbocycles. The van der Waals surface area contributed by atoms with Crippen LogP contribution in [-0.4, -0.2) is 23.6 Å². The summed E-state index contributed by atoms with van der Waals surface area (Å²) in [6.07, 6.45) is 1.68. The number of anilines is 1. The monoisotopic (exact) mass is 486 g/mol. The van der Waals surface area contributed by atoms with Gasteiger partial charge in [-0.25, -0.2) is 13.4 Å². The zero-order valence-electron chi connectivity index (χ0n) is 20.0. The van der Waals surface area contributed by atoms with Crippen LogP contribution in [0.3, 0.4) is 0 Å². The number of fused-ring (bicyclic) bond motifs is 1. The van der Waals surface area contributed by atoms with Crippen LogP contribution in [0.15, 0.2) is 82.2 Å². The first-order valence-corrected chi connectivity index (χ1v) is 12.7. The van der Waals surface area contributed by atoms with Gasteiger partial charge in [-0.15, -0.1) is 0 Å². The van der Waals surface area contributed by atoms with Gasteiger partial charge in [0.25, 0.3) is 10.0 Å². The highest BCUT2D eigenvalue weighted by Gasteiger charge is 2.20. The molecule has 0 saturated heterocycles. The average molecular weight is 487 g/mol. The predicted molar refractivity (Wildman–Crippen MR) is 138 cm³/mol.